The molecule has 2 aromatic rings. The highest BCUT2D eigenvalue weighted by Crippen LogP contribution is 2.17. The molecule has 120 valence electrons. The van der Waals surface area contributed by atoms with Gasteiger partial charge in [-0.3, -0.25) is 10.1 Å². The van der Waals surface area contributed by atoms with Gasteiger partial charge >= 0.3 is 0 Å². The van der Waals surface area contributed by atoms with Crippen LogP contribution >= 0.6 is 0 Å². The molecule has 0 aromatic heterocycles. The molecule has 0 amide bonds. The standard InChI is InChI=1S/C17H20N4O2/c1-20(2)17(18-12-14-8-4-3-5-9-14)19-13-15-10-6-7-11-16(15)21(22)23/h3-11H,12-13H2,1-2H3,(H,18,19). The molecule has 0 bridgehead atoms. The summed E-state index contributed by atoms with van der Waals surface area (Å²) in [6.07, 6.45) is 0. The molecule has 6 nitrogen and oxygen atoms in total. The minimum atomic E-state index is -0.368. The summed E-state index contributed by atoms with van der Waals surface area (Å²) in [4.78, 5) is 17.1. The molecule has 0 heterocycles. The van der Waals surface area contributed by atoms with Crippen LogP contribution in [0.2, 0.25) is 0 Å². The number of rotatable bonds is 5. The van der Waals surface area contributed by atoms with E-state index in [4.69, 9.17) is 0 Å². The van der Waals surface area contributed by atoms with E-state index >= 15 is 0 Å². The van der Waals surface area contributed by atoms with Crippen LogP contribution in [0.4, 0.5) is 5.69 Å². The van der Waals surface area contributed by atoms with E-state index in [1.165, 1.54) is 6.07 Å². The van der Waals surface area contributed by atoms with Crippen molar-refractivity contribution >= 4 is 11.6 Å². The van der Waals surface area contributed by atoms with Crippen LogP contribution in [0, 0.1) is 10.1 Å². The van der Waals surface area contributed by atoms with Gasteiger partial charge < -0.3 is 10.2 Å². The Balaban J connectivity index is 2.07. The minimum Gasteiger partial charge on any atom is -0.352 e. The van der Waals surface area contributed by atoms with Crippen molar-refractivity contribution in [1.82, 2.24) is 10.2 Å². The predicted octanol–water partition coefficient (Wildman–Crippen LogP) is 2.80. The molecule has 0 saturated carbocycles. The van der Waals surface area contributed by atoms with E-state index in [2.05, 4.69) is 10.3 Å². The predicted molar refractivity (Wildman–Crippen MR) is 91.2 cm³/mol. The summed E-state index contributed by atoms with van der Waals surface area (Å²) in [5.41, 5.74) is 1.85. The lowest BCUT2D eigenvalue weighted by Crippen LogP contribution is -2.36. The maximum atomic E-state index is 11.0. The molecular weight excluding hydrogens is 292 g/mol. The molecule has 0 aliphatic carbocycles. The van der Waals surface area contributed by atoms with Crippen molar-refractivity contribution in [3.8, 4) is 0 Å². The lowest BCUT2D eigenvalue weighted by molar-refractivity contribution is -0.385. The van der Waals surface area contributed by atoms with Crippen molar-refractivity contribution < 1.29 is 4.92 Å². The molecule has 0 spiro atoms. The smallest absolute Gasteiger partial charge is 0.274 e. The number of nitro benzene ring substituents is 1. The van der Waals surface area contributed by atoms with Crippen LogP contribution in [0.1, 0.15) is 11.1 Å². The first-order chi connectivity index (χ1) is 11.1. The number of guanidine groups is 1. The number of nitro groups is 1. The van der Waals surface area contributed by atoms with Crippen LogP contribution in [0.25, 0.3) is 0 Å². The second-order valence-corrected chi connectivity index (χ2v) is 5.26. The summed E-state index contributed by atoms with van der Waals surface area (Å²) in [6, 6.07) is 16.6. The first kappa shape index (κ1) is 16.5. The first-order valence-corrected chi connectivity index (χ1v) is 7.30. The molecule has 2 rings (SSSR count). The summed E-state index contributed by atoms with van der Waals surface area (Å²) in [6.45, 7) is 0.904. The van der Waals surface area contributed by atoms with Crippen molar-refractivity contribution in [2.45, 2.75) is 13.1 Å². The number of nitrogens with one attached hydrogen (secondary N) is 1. The van der Waals surface area contributed by atoms with E-state index in [-0.39, 0.29) is 10.6 Å². The highest BCUT2D eigenvalue weighted by atomic mass is 16.6. The molecule has 0 radical (unpaired) electrons. The van der Waals surface area contributed by atoms with Gasteiger partial charge in [0.2, 0.25) is 0 Å². The summed E-state index contributed by atoms with van der Waals surface area (Å²) in [5, 5.41) is 14.2. The SMILES string of the molecule is CN(C)C(=NCc1ccccc1)NCc1ccccc1[N+](=O)[O-]. The zero-order valence-corrected chi connectivity index (χ0v) is 13.3. The lowest BCUT2D eigenvalue weighted by atomic mass is 10.2. The average molecular weight is 312 g/mol. The van der Waals surface area contributed by atoms with Crippen LogP contribution in [0.3, 0.4) is 0 Å². The van der Waals surface area contributed by atoms with E-state index < -0.39 is 0 Å². The van der Waals surface area contributed by atoms with Crippen LogP contribution in [-0.4, -0.2) is 29.9 Å². The Kier molecular flexibility index (Phi) is 5.68. The first-order valence-electron chi connectivity index (χ1n) is 7.30. The normalized spacial score (nSPS) is 11.1. The van der Waals surface area contributed by atoms with Crippen molar-refractivity contribution in [3.05, 3.63) is 75.8 Å². The Morgan fingerprint density at radius 2 is 1.78 bits per heavy atom. The molecule has 0 saturated heterocycles. The topological polar surface area (TPSA) is 70.8 Å². The Bertz CT molecular complexity index is 684. The van der Waals surface area contributed by atoms with Gasteiger partial charge in [0.1, 0.15) is 0 Å². The monoisotopic (exact) mass is 312 g/mol. The van der Waals surface area contributed by atoms with Gasteiger partial charge in [0.15, 0.2) is 5.96 Å². The molecule has 1 N–H and O–H groups in total. The Morgan fingerprint density at radius 3 is 2.43 bits per heavy atom. The number of hydrogen-bond acceptors (Lipinski definition) is 3. The van der Waals surface area contributed by atoms with E-state index in [1.54, 1.807) is 18.2 Å². The second kappa shape index (κ2) is 7.93. The second-order valence-electron chi connectivity index (χ2n) is 5.26. The summed E-state index contributed by atoms with van der Waals surface area (Å²) in [5.74, 6) is 0.687. The number of hydrogen-bond donors (Lipinski definition) is 1. The van der Waals surface area contributed by atoms with Gasteiger partial charge in [-0.05, 0) is 5.56 Å². The van der Waals surface area contributed by atoms with Crippen LogP contribution in [-0.2, 0) is 13.1 Å². The maximum Gasteiger partial charge on any atom is 0.274 e. The Labute approximate surface area is 135 Å². The van der Waals surface area contributed by atoms with Crippen molar-refractivity contribution in [2.24, 2.45) is 4.99 Å². The fraction of sp³-hybridized carbons (Fsp3) is 0.235. The summed E-state index contributed by atoms with van der Waals surface area (Å²) >= 11 is 0. The average Bonchev–Trinajstić information content (AvgIpc) is 2.55. The third kappa shape index (κ3) is 4.81. The molecular formula is C17H20N4O2. The van der Waals surface area contributed by atoms with Gasteiger partial charge in [0.25, 0.3) is 5.69 Å². The quantitative estimate of drug-likeness (QED) is 0.399. The Morgan fingerprint density at radius 1 is 1.13 bits per heavy atom. The maximum absolute atomic E-state index is 11.0. The fourth-order valence-corrected chi connectivity index (χ4v) is 2.12. The molecule has 23 heavy (non-hydrogen) atoms. The third-order valence-corrected chi connectivity index (χ3v) is 3.30. The van der Waals surface area contributed by atoms with Crippen LogP contribution < -0.4 is 5.32 Å². The Hall–Kier alpha value is -2.89. The van der Waals surface area contributed by atoms with Gasteiger partial charge in [-0.2, -0.15) is 0 Å². The highest BCUT2D eigenvalue weighted by Gasteiger charge is 2.12. The van der Waals surface area contributed by atoms with E-state index in [0.29, 0.717) is 24.6 Å². The lowest BCUT2D eigenvalue weighted by Gasteiger charge is -2.17. The number of para-hydroxylation sites is 1. The minimum absolute atomic E-state index is 0.112. The molecule has 0 aliphatic rings. The van der Waals surface area contributed by atoms with Gasteiger partial charge in [0, 0.05) is 32.3 Å². The number of aliphatic imine (C=N–C) groups is 1. The molecule has 2 aromatic carbocycles. The summed E-state index contributed by atoms with van der Waals surface area (Å²) in [7, 11) is 3.77. The molecule has 0 atom stereocenters. The molecule has 0 unspecified atom stereocenters. The van der Waals surface area contributed by atoms with Gasteiger partial charge in [-0.25, -0.2) is 4.99 Å². The van der Waals surface area contributed by atoms with Gasteiger partial charge in [0.05, 0.1) is 11.5 Å². The molecule has 6 heteroatoms. The van der Waals surface area contributed by atoms with Crippen molar-refractivity contribution in [2.75, 3.05) is 14.1 Å². The molecule has 0 aliphatic heterocycles. The van der Waals surface area contributed by atoms with Crippen molar-refractivity contribution in [3.63, 3.8) is 0 Å². The highest BCUT2D eigenvalue weighted by molar-refractivity contribution is 5.79. The number of nitrogens with zero attached hydrogens (tertiary/aromatic N) is 3. The third-order valence-electron chi connectivity index (χ3n) is 3.30. The number of benzene rings is 2. The zero-order chi connectivity index (χ0) is 16.7. The zero-order valence-electron chi connectivity index (χ0n) is 13.3. The van der Waals surface area contributed by atoms with E-state index in [0.717, 1.165) is 5.56 Å². The molecule has 0 fully saturated rings. The van der Waals surface area contributed by atoms with Gasteiger partial charge in [-0.1, -0.05) is 48.5 Å². The summed E-state index contributed by atoms with van der Waals surface area (Å²) < 4.78 is 0. The van der Waals surface area contributed by atoms with Crippen molar-refractivity contribution in [1.29, 1.82) is 0 Å². The van der Waals surface area contributed by atoms with E-state index in [9.17, 15) is 10.1 Å². The van der Waals surface area contributed by atoms with Crippen LogP contribution in [0.15, 0.2) is 59.6 Å². The van der Waals surface area contributed by atoms with Gasteiger partial charge in [-0.15, -0.1) is 0 Å². The largest absolute Gasteiger partial charge is 0.352 e. The van der Waals surface area contributed by atoms with E-state index in [1.807, 2.05) is 49.3 Å². The van der Waals surface area contributed by atoms with Crippen LogP contribution in [0.5, 0.6) is 0 Å². The fourth-order valence-electron chi connectivity index (χ4n) is 2.12.